The first-order chi connectivity index (χ1) is 14.3. The molecule has 3 rings (SSSR count). The van der Waals surface area contributed by atoms with Gasteiger partial charge in [0.2, 0.25) is 0 Å². The molecule has 0 saturated carbocycles. The van der Waals surface area contributed by atoms with Gasteiger partial charge in [-0.2, -0.15) is 0 Å². The van der Waals surface area contributed by atoms with Crippen molar-refractivity contribution in [3.8, 4) is 11.5 Å². The molecule has 1 saturated heterocycles. The van der Waals surface area contributed by atoms with Crippen LogP contribution in [-0.4, -0.2) is 54.1 Å². The zero-order chi connectivity index (χ0) is 21.6. The number of aromatic nitrogens is 1. The molecule has 2 heterocycles. The number of pyridine rings is 1. The Balaban J connectivity index is 1.39. The van der Waals surface area contributed by atoms with Crippen LogP contribution in [-0.2, 0) is 9.47 Å². The van der Waals surface area contributed by atoms with Crippen LogP contribution < -0.4 is 9.64 Å². The van der Waals surface area contributed by atoms with Crippen LogP contribution in [0.4, 0.5) is 5.82 Å². The normalized spacial score (nSPS) is 15.1. The third kappa shape index (κ3) is 6.62. The summed E-state index contributed by atoms with van der Waals surface area (Å²) < 4.78 is 16.9. The van der Waals surface area contributed by atoms with E-state index in [1.54, 1.807) is 36.5 Å². The summed E-state index contributed by atoms with van der Waals surface area (Å²) in [5.41, 5.74) is -0.0652. The highest BCUT2D eigenvalue weighted by Crippen LogP contribution is 2.21. The van der Waals surface area contributed by atoms with Crippen molar-refractivity contribution in [3.05, 3.63) is 48.2 Å². The molecule has 1 aliphatic heterocycles. The molecule has 30 heavy (non-hydrogen) atoms. The van der Waals surface area contributed by atoms with Gasteiger partial charge in [-0.3, -0.25) is 0 Å². The molecule has 1 fully saturated rings. The quantitative estimate of drug-likeness (QED) is 0.545. The van der Waals surface area contributed by atoms with Crippen LogP contribution in [0.2, 0.25) is 0 Å². The first-order valence-corrected chi connectivity index (χ1v) is 10.3. The average molecular weight is 415 g/mol. The number of aromatic hydroxyl groups is 1. The van der Waals surface area contributed by atoms with E-state index < -0.39 is 5.60 Å². The van der Waals surface area contributed by atoms with E-state index in [0.717, 1.165) is 31.7 Å². The molecule has 1 N–H and O–H groups in total. The maximum atomic E-state index is 12.1. The summed E-state index contributed by atoms with van der Waals surface area (Å²) in [7, 11) is 0. The van der Waals surface area contributed by atoms with Gasteiger partial charge in [-0.1, -0.05) is 6.07 Å². The summed E-state index contributed by atoms with van der Waals surface area (Å²) in [5.74, 6) is 1.32. The van der Waals surface area contributed by atoms with Crippen LogP contribution in [0.15, 0.2) is 42.6 Å². The fourth-order valence-corrected chi connectivity index (χ4v) is 3.23. The summed E-state index contributed by atoms with van der Waals surface area (Å²) in [6.45, 7) is 8.17. The summed E-state index contributed by atoms with van der Waals surface area (Å²) >= 11 is 0. The van der Waals surface area contributed by atoms with Crippen LogP contribution in [0.1, 0.15) is 44.0 Å². The van der Waals surface area contributed by atoms with Gasteiger partial charge in [-0.25, -0.2) is 9.78 Å². The first kappa shape index (κ1) is 21.9. The minimum Gasteiger partial charge on any atom is -0.508 e. The maximum Gasteiger partial charge on any atom is 0.340 e. The number of carbonyl (C=O) groups excluding carboxylic acids is 1. The van der Waals surface area contributed by atoms with Crippen molar-refractivity contribution in [1.29, 1.82) is 0 Å². The fraction of sp³-hybridized carbons (Fsp3) is 0.478. The zero-order valence-electron chi connectivity index (χ0n) is 17.8. The first-order valence-electron chi connectivity index (χ1n) is 10.3. The molecule has 7 nitrogen and oxygen atoms in total. The van der Waals surface area contributed by atoms with Crippen LogP contribution >= 0.6 is 0 Å². The zero-order valence-corrected chi connectivity index (χ0v) is 17.8. The number of hydrogen-bond donors (Lipinski definition) is 1. The van der Waals surface area contributed by atoms with Crippen molar-refractivity contribution in [2.45, 2.75) is 45.3 Å². The molecule has 1 aromatic carbocycles. The molecular weight excluding hydrogens is 384 g/mol. The minimum atomic E-state index is -0.522. The number of phenols is 1. The second-order valence-electron chi connectivity index (χ2n) is 8.31. The monoisotopic (exact) mass is 414 g/mol. The van der Waals surface area contributed by atoms with E-state index in [0.29, 0.717) is 24.5 Å². The topological polar surface area (TPSA) is 81.1 Å². The second kappa shape index (κ2) is 9.80. The fourth-order valence-electron chi connectivity index (χ4n) is 3.23. The molecule has 0 unspecified atom stereocenters. The number of nitrogens with zero attached hydrogens (tertiary/aromatic N) is 2. The number of carbonyl (C=O) groups is 1. The third-order valence-electron chi connectivity index (χ3n) is 4.67. The summed E-state index contributed by atoms with van der Waals surface area (Å²) in [5, 5.41) is 9.44. The van der Waals surface area contributed by atoms with E-state index in [9.17, 15) is 9.90 Å². The lowest BCUT2D eigenvalue weighted by Crippen LogP contribution is -2.38. The lowest BCUT2D eigenvalue weighted by atomic mass is 10.1. The standard InChI is InChI=1S/C23H30N2O5/c1-23(2,3)30-22(27)17-7-8-21(24-16-17)25-11-9-19(10-12-25)28-13-14-29-20-6-4-5-18(26)15-20/h4-8,15-16,19,26H,9-14H2,1-3H3. The van der Waals surface area contributed by atoms with Gasteiger partial charge < -0.3 is 24.2 Å². The largest absolute Gasteiger partial charge is 0.508 e. The van der Waals surface area contributed by atoms with Crippen molar-refractivity contribution in [1.82, 2.24) is 4.98 Å². The van der Waals surface area contributed by atoms with Crippen molar-refractivity contribution < 1.29 is 24.1 Å². The molecule has 2 aromatic rings. The molecule has 0 aliphatic carbocycles. The van der Waals surface area contributed by atoms with Crippen molar-refractivity contribution in [2.75, 3.05) is 31.2 Å². The van der Waals surface area contributed by atoms with Gasteiger partial charge in [-0.15, -0.1) is 0 Å². The smallest absolute Gasteiger partial charge is 0.340 e. The Morgan fingerprint density at radius 3 is 2.57 bits per heavy atom. The Bertz CT molecular complexity index is 824. The van der Waals surface area contributed by atoms with Gasteiger partial charge in [0.05, 0.1) is 18.3 Å². The van der Waals surface area contributed by atoms with Crippen LogP contribution in [0, 0.1) is 0 Å². The van der Waals surface area contributed by atoms with Gasteiger partial charge in [0.1, 0.15) is 29.5 Å². The summed E-state index contributed by atoms with van der Waals surface area (Å²) in [6, 6.07) is 10.4. The van der Waals surface area contributed by atoms with E-state index in [1.807, 2.05) is 26.8 Å². The molecule has 0 atom stereocenters. The third-order valence-corrected chi connectivity index (χ3v) is 4.67. The number of anilines is 1. The van der Waals surface area contributed by atoms with Crippen LogP contribution in [0.3, 0.4) is 0 Å². The number of benzene rings is 1. The molecule has 7 heteroatoms. The summed E-state index contributed by atoms with van der Waals surface area (Å²) in [4.78, 5) is 18.7. The van der Waals surface area contributed by atoms with Crippen LogP contribution in [0.25, 0.3) is 0 Å². The number of rotatable bonds is 7. The highest BCUT2D eigenvalue weighted by atomic mass is 16.6. The van der Waals surface area contributed by atoms with Crippen molar-refractivity contribution >= 4 is 11.8 Å². The predicted octanol–water partition coefficient (Wildman–Crippen LogP) is 3.81. The number of piperidine rings is 1. The predicted molar refractivity (Wildman–Crippen MR) is 114 cm³/mol. The Morgan fingerprint density at radius 1 is 1.17 bits per heavy atom. The van der Waals surface area contributed by atoms with Gasteiger partial charge >= 0.3 is 5.97 Å². The Kier molecular flexibility index (Phi) is 7.15. The van der Waals surface area contributed by atoms with E-state index in [1.165, 1.54) is 0 Å². The number of ether oxygens (including phenoxy) is 3. The minimum absolute atomic E-state index is 0.188. The maximum absolute atomic E-state index is 12.1. The Labute approximate surface area is 177 Å². The number of hydrogen-bond acceptors (Lipinski definition) is 7. The summed E-state index contributed by atoms with van der Waals surface area (Å²) in [6.07, 6.45) is 3.57. The molecule has 1 aromatic heterocycles. The lowest BCUT2D eigenvalue weighted by Gasteiger charge is -2.32. The SMILES string of the molecule is CC(C)(C)OC(=O)c1ccc(N2CCC(OCCOc3cccc(O)c3)CC2)nc1. The molecule has 0 bridgehead atoms. The molecule has 162 valence electrons. The molecular formula is C23H30N2O5. The van der Waals surface area contributed by atoms with Crippen molar-refractivity contribution in [3.63, 3.8) is 0 Å². The van der Waals surface area contributed by atoms with Crippen LogP contribution in [0.5, 0.6) is 11.5 Å². The van der Waals surface area contributed by atoms with E-state index >= 15 is 0 Å². The highest BCUT2D eigenvalue weighted by Gasteiger charge is 2.22. The second-order valence-corrected chi connectivity index (χ2v) is 8.31. The van der Waals surface area contributed by atoms with Gasteiger partial charge in [-0.05, 0) is 57.9 Å². The Hall–Kier alpha value is -2.80. The molecule has 0 amide bonds. The van der Waals surface area contributed by atoms with Gasteiger partial charge in [0.25, 0.3) is 0 Å². The van der Waals surface area contributed by atoms with E-state index in [-0.39, 0.29) is 17.8 Å². The highest BCUT2D eigenvalue weighted by molar-refractivity contribution is 5.89. The van der Waals surface area contributed by atoms with Gasteiger partial charge in [0, 0.05) is 25.4 Å². The van der Waals surface area contributed by atoms with Crippen molar-refractivity contribution in [2.24, 2.45) is 0 Å². The van der Waals surface area contributed by atoms with E-state index in [4.69, 9.17) is 14.2 Å². The molecule has 1 aliphatic rings. The van der Waals surface area contributed by atoms with E-state index in [2.05, 4.69) is 9.88 Å². The number of esters is 1. The average Bonchev–Trinajstić information content (AvgIpc) is 2.71. The Morgan fingerprint density at radius 2 is 1.93 bits per heavy atom. The van der Waals surface area contributed by atoms with Gasteiger partial charge in [0.15, 0.2) is 0 Å². The molecule has 0 spiro atoms. The lowest BCUT2D eigenvalue weighted by molar-refractivity contribution is 0.00691. The number of phenolic OH excluding ortho intramolecular Hbond substituents is 1. The molecule has 0 radical (unpaired) electrons.